The number of amides is 1. The SMILES string of the molecule is C=CCOc1ccc(/C=C(\C#N)C(=O)Nc2cc(C)ccc2C)cc1OC. The molecule has 0 fully saturated rings. The second kappa shape index (κ2) is 9.25. The molecule has 0 aliphatic rings. The van der Waals surface area contributed by atoms with Crippen LogP contribution in [-0.4, -0.2) is 19.6 Å². The lowest BCUT2D eigenvalue weighted by Gasteiger charge is -2.11. The van der Waals surface area contributed by atoms with E-state index in [1.54, 1.807) is 24.3 Å². The molecule has 5 heteroatoms. The molecule has 0 atom stereocenters. The van der Waals surface area contributed by atoms with Crippen molar-refractivity contribution in [2.75, 3.05) is 19.0 Å². The van der Waals surface area contributed by atoms with Gasteiger partial charge in [-0.3, -0.25) is 4.79 Å². The molecule has 0 saturated heterocycles. The number of hydrogen-bond acceptors (Lipinski definition) is 4. The van der Waals surface area contributed by atoms with E-state index >= 15 is 0 Å². The summed E-state index contributed by atoms with van der Waals surface area (Å²) in [6, 6.07) is 12.9. The molecule has 0 aliphatic heterocycles. The van der Waals surface area contributed by atoms with E-state index in [1.807, 2.05) is 38.1 Å². The van der Waals surface area contributed by atoms with Crippen molar-refractivity contribution in [1.82, 2.24) is 0 Å². The van der Waals surface area contributed by atoms with Crippen LogP contribution in [0.5, 0.6) is 11.5 Å². The molecular weight excluding hydrogens is 340 g/mol. The van der Waals surface area contributed by atoms with Crippen LogP contribution >= 0.6 is 0 Å². The van der Waals surface area contributed by atoms with Gasteiger partial charge in [0, 0.05) is 5.69 Å². The molecule has 0 spiro atoms. The van der Waals surface area contributed by atoms with Gasteiger partial charge in [-0.15, -0.1) is 0 Å². The molecule has 0 bridgehead atoms. The monoisotopic (exact) mass is 362 g/mol. The zero-order chi connectivity index (χ0) is 19.8. The molecule has 2 rings (SSSR count). The predicted octanol–water partition coefficient (Wildman–Crippen LogP) is 4.42. The molecule has 0 unspecified atom stereocenters. The van der Waals surface area contributed by atoms with Gasteiger partial charge >= 0.3 is 0 Å². The number of nitriles is 1. The number of nitrogens with zero attached hydrogens (tertiary/aromatic N) is 1. The van der Waals surface area contributed by atoms with Gasteiger partial charge in [-0.2, -0.15) is 5.26 Å². The standard InChI is InChI=1S/C22H22N2O3/c1-5-10-27-20-9-8-17(13-21(20)26-4)12-18(14-23)22(25)24-19-11-15(2)6-7-16(19)3/h5-9,11-13H,1,10H2,2-4H3,(H,24,25)/b18-12+. The van der Waals surface area contributed by atoms with Crippen LogP contribution in [-0.2, 0) is 4.79 Å². The smallest absolute Gasteiger partial charge is 0.266 e. The average Bonchev–Trinajstić information content (AvgIpc) is 2.67. The van der Waals surface area contributed by atoms with Crippen molar-refractivity contribution in [3.8, 4) is 17.6 Å². The topological polar surface area (TPSA) is 71.3 Å². The molecule has 0 heterocycles. The quantitative estimate of drug-likeness (QED) is 0.449. The molecular formula is C22H22N2O3. The summed E-state index contributed by atoms with van der Waals surface area (Å²) in [7, 11) is 1.53. The van der Waals surface area contributed by atoms with E-state index < -0.39 is 5.91 Å². The Hall–Kier alpha value is -3.52. The maximum atomic E-state index is 12.5. The number of methoxy groups -OCH3 is 1. The molecule has 5 nitrogen and oxygen atoms in total. The third-order valence-electron chi connectivity index (χ3n) is 3.86. The zero-order valence-corrected chi connectivity index (χ0v) is 15.7. The van der Waals surface area contributed by atoms with Crippen LogP contribution in [0.4, 0.5) is 5.69 Å². The highest BCUT2D eigenvalue weighted by Gasteiger charge is 2.12. The van der Waals surface area contributed by atoms with Crippen LogP contribution in [0.15, 0.2) is 54.6 Å². The van der Waals surface area contributed by atoms with Crippen LogP contribution < -0.4 is 14.8 Å². The zero-order valence-electron chi connectivity index (χ0n) is 15.7. The van der Waals surface area contributed by atoms with Gasteiger partial charge in [0.25, 0.3) is 5.91 Å². The molecule has 0 aliphatic carbocycles. The lowest BCUT2D eigenvalue weighted by molar-refractivity contribution is -0.112. The normalized spacial score (nSPS) is 10.7. The fraction of sp³-hybridized carbons (Fsp3) is 0.182. The number of ether oxygens (including phenoxy) is 2. The Morgan fingerprint density at radius 1 is 1.22 bits per heavy atom. The minimum absolute atomic E-state index is 0.00211. The fourth-order valence-corrected chi connectivity index (χ4v) is 2.42. The van der Waals surface area contributed by atoms with Crippen molar-refractivity contribution in [3.63, 3.8) is 0 Å². The maximum Gasteiger partial charge on any atom is 0.266 e. The minimum Gasteiger partial charge on any atom is -0.493 e. The van der Waals surface area contributed by atoms with E-state index in [-0.39, 0.29) is 5.57 Å². The number of nitrogens with one attached hydrogen (secondary N) is 1. The Balaban J connectivity index is 2.26. The third kappa shape index (κ3) is 5.23. The van der Waals surface area contributed by atoms with Crippen molar-refractivity contribution in [1.29, 1.82) is 5.26 Å². The molecule has 0 saturated carbocycles. The van der Waals surface area contributed by atoms with Gasteiger partial charge in [0.05, 0.1) is 7.11 Å². The minimum atomic E-state index is -0.461. The molecule has 1 N–H and O–H groups in total. The number of aryl methyl sites for hydroxylation is 2. The van der Waals surface area contributed by atoms with E-state index in [1.165, 1.54) is 13.2 Å². The summed E-state index contributed by atoms with van der Waals surface area (Å²) < 4.78 is 10.8. The number of benzene rings is 2. The van der Waals surface area contributed by atoms with Gasteiger partial charge in [-0.05, 0) is 54.8 Å². The number of carbonyl (C=O) groups excluding carboxylic acids is 1. The van der Waals surface area contributed by atoms with Gasteiger partial charge in [0.1, 0.15) is 18.2 Å². The van der Waals surface area contributed by atoms with Crippen LogP contribution in [0.2, 0.25) is 0 Å². The maximum absolute atomic E-state index is 12.5. The van der Waals surface area contributed by atoms with Gasteiger partial charge in [0.2, 0.25) is 0 Å². The molecule has 2 aromatic rings. The summed E-state index contributed by atoms with van der Waals surface area (Å²) in [5, 5.41) is 12.2. The fourth-order valence-electron chi connectivity index (χ4n) is 2.42. The van der Waals surface area contributed by atoms with E-state index in [2.05, 4.69) is 11.9 Å². The lowest BCUT2D eigenvalue weighted by Crippen LogP contribution is -2.14. The lowest BCUT2D eigenvalue weighted by atomic mass is 10.1. The Kier molecular flexibility index (Phi) is 6.79. The Bertz CT molecular complexity index is 924. The van der Waals surface area contributed by atoms with E-state index in [9.17, 15) is 10.1 Å². The average molecular weight is 362 g/mol. The number of anilines is 1. The van der Waals surface area contributed by atoms with E-state index in [0.29, 0.717) is 29.4 Å². The Morgan fingerprint density at radius 2 is 2.00 bits per heavy atom. The van der Waals surface area contributed by atoms with Crippen molar-refractivity contribution in [2.24, 2.45) is 0 Å². The number of carbonyl (C=O) groups is 1. The van der Waals surface area contributed by atoms with Crippen LogP contribution in [0, 0.1) is 25.2 Å². The summed E-state index contributed by atoms with van der Waals surface area (Å²) in [5.41, 5.74) is 3.30. The molecule has 138 valence electrons. The van der Waals surface area contributed by atoms with Gasteiger partial charge in [-0.25, -0.2) is 0 Å². The predicted molar refractivity (Wildman–Crippen MR) is 107 cm³/mol. The first-order valence-corrected chi connectivity index (χ1v) is 8.40. The Morgan fingerprint density at radius 3 is 2.67 bits per heavy atom. The summed E-state index contributed by atoms with van der Waals surface area (Å²) in [6.07, 6.45) is 3.15. The van der Waals surface area contributed by atoms with Crippen LogP contribution in [0.1, 0.15) is 16.7 Å². The van der Waals surface area contributed by atoms with Crippen molar-refractivity contribution >= 4 is 17.7 Å². The van der Waals surface area contributed by atoms with Crippen LogP contribution in [0.25, 0.3) is 6.08 Å². The number of hydrogen-bond donors (Lipinski definition) is 1. The summed E-state index contributed by atoms with van der Waals surface area (Å²) in [4.78, 5) is 12.5. The Labute approximate surface area is 159 Å². The van der Waals surface area contributed by atoms with Crippen molar-refractivity contribution < 1.29 is 14.3 Å². The first kappa shape index (κ1) is 19.8. The highest BCUT2D eigenvalue weighted by atomic mass is 16.5. The molecule has 27 heavy (non-hydrogen) atoms. The first-order chi connectivity index (χ1) is 13.0. The van der Waals surface area contributed by atoms with Crippen molar-refractivity contribution in [3.05, 3.63) is 71.3 Å². The van der Waals surface area contributed by atoms with E-state index in [0.717, 1.165) is 11.1 Å². The molecule has 0 aromatic heterocycles. The summed E-state index contributed by atoms with van der Waals surface area (Å²) in [6.45, 7) is 7.81. The number of rotatable bonds is 7. The highest BCUT2D eigenvalue weighted by molar-refractivity contribution is 6.10. The van der Waals surface area contributed by atoms with E-state index in [4.69, 9.17) is 9.47 Å². The van der Waals surface area contributed by atoms with Crippen molar-refractivity contribution in [2.45, 2.75) is 13.8 Å². The largest absolute Gasteiger partial charge is 0.493 e. The molecule has 0 radical (unpaired) electrons. The highest BCUT2D eigenvalue weighted by Crippen LogP contribution is 2.29. The van der Waals surface area contributed by atoms with Gasteiger partial charge in [0.15, 0.2) is 11.5 Å². The summed E-state index contributed by atoms with van der Waals surface area (Å²) >= 11 is 0. The molecule has 1 amide bonds. The first-order valence-electron chi connectivity index (χ1n) is 8.40. The van der Waals surface area contributed by atoms with Gasteiger partial charge < -0.3 is 14.8 Å². The van der Waals surface area contributed by atoms with Gasteiger partial charge in [-0.1, -0.05) is 30.9 Å². The second-order valence-electron chi connectivity index (χ2n) is 5.95. The van der Waals surface area contributed by atoms with Crippen LogP contribution in [0.3, 0.4) is 0 Å². The molecule has 2 aromatic carbocycles. The second-order valence-corrected chi connectivity index (χ2v) is 5.95. The third-order valence-corrected chi connectivity index (χ3v) is 3.86. The summed E-state index contributed by atoms with van der Waals surface area (Å²) in [5.74, 6) is 0.614.